The standard InChI is InChI=1S/C14H20ClN3/c1-9-16-13(15)7-14(17-9)18(2)8-12-6-10-3-4-11(12)5-10/h7,10-12H,3-6,8H2,1-2H3. The molecule has 3 rings (SSSR count). The highest BCUT2D eigenvalue weighted by Crippen LogP contribution is 2.48. The smallest absolute Gasteiger partial charge is 0.134 e. The van der Waals surface area contributed by atoms with Crippen molar-refractivity contribution in [1.29, 1.82) is 0 Å². The van der Waals surface area contributed by atoms with E-state index in [9.17, 15) is 0 Å². The van der Waals surface area contributed by atoms with E-state index in [0.717, 1.165) is 35.9 Å². The summed E-state index contributed by atoms with van der Waals surface area (Å²) >= 11 is 6.00. The lowest BCUT2D eigenvalue weighted by molar-refractivity contribution is 0.337. The quantitative estimate of drug-likeness (QED) is 0.785. The molecule has 3 unspecified atom stereocenters. The summed E-state index contributed by atoms with van der Waals surface area (Å²) in [7, 11) is 2.12. The molecule has 3 atom stereocenters. The van der Waals surface area contributed by atoms with Crippen LogP contribution in [0.1, 0.15) is 31.5 Å². The van der Waals surface area contributed by atoms with E-state index in [-0.39, 0.29) is 0 Å². The second-order valence-electron chi connectivity index (χ2n) is 5.91. The molecule has 2 fully saturated rings. The molecule has 0 saturated heterocycles. The summed E-state index contributed by atoms with van der Waals surface area (Å²) in [6.07, 6.45) is 5.77. The van der Waals surface area contributed by atoms with Crippen LogP contribution in [0.2, 0.25) is 5.15 Å². The van der Waals surface area contributed by atoms with Crippen LogP contribution in [0.15, 0.2) is 6.07 Å². The highest BCUT2D eigenvalue weighted by Gasteiger charge is 2.39. The molecule has 0 N–H and O–H groups in total. The molecule has 2 aliphatic rings. The first kappa shape index (κ1) is 12.2. The van der Waals surface area contributed by atoms with Crippen molar-refractivity contribution in [2.75, 3.05) is 18.5 Å². The Balaban J connectivity index is 1.69. The normalized spacial score (nSPS) is 29.8. The van der Waals surface area contributed by atoms with Crippen molar-refractivity contribution < 1.29 is 0 Å². The van der Waals surface area contributed by atoms with Crippen LogP contribution in [0.25, 0.3) is 0 Å². The van der Waals surface area contributed by atoms with Crippen LogP contribution < -0.4 is 4.90 Å². The SMILES string of the molecule is Cc1nc(Cl)cc(N(C)CC2CC3CCC2C3)n1. The highest BCUT2D eigenvalue weighted by atomic mass is 35.5. The number of anilines is 1. The molecule has 1 heterocycles. The number of hydrogen-bond acceptors (Lipinski definition) is 3. The summed E-state index contributed by atoms with van der Waals surface area (Å²) in [6, 6.07) is 1.86. The largest absolute Gasteiger partial charge is 0.359 e. The van der Waals surface area contributed by atoms with E-state index in [2.05, 4.69) is 21.9 Å². The third kappa shape index (κ3) is 2.33. The van der Waals surface area contributed by atoms with Gasteiger partial charge in [-0.15, -0.1) is 0 Å². The van der Waals surface area contributed by atoms with E-state index >= 15 is 0 Å². The first-order valence-electron chi connectivity index (χ1n) is 6.84. The zero-order chi connectivity index (χ0) is 12.7. The van der Waals surface area contributed by atoms with Crippen molar-refractivity contribution in [3.63, 3.8) is 0 Å². The number of rotatable bonds is 3. The van der Waals surface area contributed by atoms with Gasteiger partial charge in [-0.3, -0.25) is 0 Å². The van der Waals surface area contributed by atoms with Gasteiger partial charge in [0.2, 0.25) is 0 Å². The van der Waals surface area contributed by atoms with Gasteiger partial charge in [0.25, 0.3) is 0 Å². The first-order valence-corrected chi connectivity index (χ1v) is 7.22. The molecule has 18 heavy (non-hydrogen) atoms. The Bertz CT molecular complexity index is 428. The van der Waals surface area contributed by atoms with Gasteiger partial charge in [-0.25, -0.2) is 9.97 Å². The number of hydrogen-bond donors (Lipinski definition) is 0. The lowest BCUT2D eigenvalue weighted by Crippen LogP contribution is -2.29. The average Bonchev–Trinajstić information content (AvgIpc) is 2.89. The lowest BCUT2D eigenvalue weighted by atomic mass is 9.88. The minimum absolute atomic E-state index is 0.539. The lowest BCUT2D eigenvalue weighted by Gasteiger charge is -2.28. The summed E-state index contributed by atoms with van der Waals surface area (Å²) in [5.41, 5.74) is 0. The Labute approximate surface area is 114 Å². The maximum atomic E-state index is 6.00. The molecule has 0 amide bonds. The van der Waals surface area contributed by atoms with Crippen LogP contribution in [0.4, 0.5) is 5.82 Å². The zero-order valence-corrected chi connectivity index (χ0v) is 11.8. The Morgan fingerprint density at radius 3 is 2.78 bits per heavy atom. The number of halogens is 1. The van der Waals surface area contributed by atoms with E-state index in [1.807, 2.05) is 13.0 Å². The van der Waals surface area contributed by atoms with Crippen LogP contribution in [0.3, 0.4) is 0 Å². The van der Waals surface area contributed by atoms with Crippen molar-refractivity contribution in [2.24, 2.45) is 17.8 Å². The maximum absolute atomic E-state index is 6.00. The fourth-order valence-electron chi connectivity index (χ4n) is 3.76. The Hall–Kier alpha value is -0.830. The minimum Gasteiger partial charge on any atom is -0.359 e. The first-order chi connectivity index (χ1) is 8.61. The number of aryl methyl sites for hydroxylation is 1. The Morgan fingerprint density at radius 2 is 2.17 bits per heavy atom. The van der Waals surface area contributed by atoms with Crippen LogP contribution in [0, 0.1) is 24.7 Å². The van der Waals surface area contributed by atoms with Gasteiger partial charge in [0, 0.05) is 19.7 Å². The van der Waals surface area contributed by atoms with Crippen molar-refractivity contribution in [1.82, 2.24) is 9.97 Å². The molecule has 98 valence electrons. The minimum atomic E-state index is 0.539. The summed E-state index contributed by atoms with van der Waals surface area (Å²) in [6.45, 7) is 2.99. The Morgan fingerprint density at radius 1 is 1.33 bits per heavy atom. The predicted octanol–water partition coefficient (Wildman–Crippen LogP) is 3.31. The summed E-state index contributed by atoms with van der Waals surface area (Å²) < 4.78 is 0. The molecule has 1 aromatic rings. The van der Waals surface area contributed by atoms with Crippen LogP contribution in [-0.2, 0) is 0 Å². The molecule has 2 bridgehead atoms. The monoisotopic (exact) mass is 265 g/mol. The number of nitrogens with zero attached hydrogens (tertiary/aromatic N) is 3. The summed E-state index contributed by atoms with van der Waals surface area (Å²) in [5.74, 6) is 4.51. The molecule has 3 nitrogen and oxygen atoms in total. The fourth-order valence-corrected chi connectivity index (χ4v) is 3.98. The van der Waals surface area contributed by atoms with E-state index in [1.54, 1.807) is 0 Å². The Kier molecular flexibility index (Phi) is 3.18. The van der Waals surface area contributed by atoms with E-state index in [1.165, 1.54) is 25.7 Å². The molecular weight excluding hydrogens is 246 g/mol. The average molecular weight is 266 g/mol. The highest BCUT2D eigenvalue weighted by molar-refractivity contribution is 6.29. The molecule has 0 aliphatic heterocycles. The van der Waals surface area contributed by atoms with Gasteiger partial charge in [0.05, 0.1) is 0 Å². The van der Waals surface area contributed by atoms with Crippen molar-refractivity contribution in [2.45, 2.75) is 32.6 Å². The van der Waals surface area contributed by atoms with Gasteiger partial charge in [0.1, 0.15) is 16.8 Å². The molecule has 0 spiro atoms. The second kappa shape index (κ2) is 4.69. The summed E-state index contributed by atoms with van der Waals surface area (Å²) in [4.78, 5) is 10.8. The second-order valence-corrected chi connectivity index (χ2v) is 6.30. The molecule has 4 heteroatoms. The third-order valence-electron chi connectivity index (χ3n) is 4.58. The molecule has 2 saturated carbocycles. The fraction of sp³-hybridized carbons (Fsp3) is 0.714. The van der Waals surface area contributed by atoms with Gasteiger partial charge in [-0.05, 0) is 43.9 Å². The van der Waals surface area contributed by atoms with Gasteiger partial charge in [-0.2, -0.15) is 0 Å². The number of fused-ring (bicyclic) bond motifs is 2. The van der Waals surface area contributed by atoms with E-state index in [0.29, 0.717) is 5.15 Å². The maximum Gasteiger partial charge on any atom is 0.134 e. The van der Waals surface area contributed by atoms with E-state index in [4.69, 9.17) is 11.6 Å². The molecule has 1 aromatic heterocycles. The number of aromatic nitrogens is 2. The van der Waals surface area contributed by atoms with Gasteiger partial charge >= 0.3 is 0 Å². The van der Waals surface area contributed by atoms with Crippen molar-refractivity contribution in [3.8, 4) is 0 Å². The van der Waals surface area contributed by atoms with E-state index < -0.39 is 0 Å². The van der Waals surface area contributed by atoms with Gasteiger partial charge in [-0.1, -0.05) is 18.0 Å². The van der Waals surface area contributed by atoms with Crippen LogP contribution >= 0.6 is 11.6 Å². The molecular formula is C14H20ClN3. The van der Waals surface area contributed by atoms with Crippen molar-refractivity contribution >= 4 is 17.4 Å². The molecule has 2 aliphatic carbocycles. The predicted molar refractivity (Wildman–Crippen MR) is 74.0 cm³/mol. The zero-order valence-electron chi connectivity index (χ0n) is 11.1. The van der Waals surface area contributed by atoms with Gasteiger partial charge in [0.15, 0.2) is 0 Å². The summed E-state index contributed by atoms with van der Waals surface area (Å²) in [5, 5.41) is 0.539. The third-order valence-corrected chi connectivity index (χ3v) is 4.77. The van der Waals surface area contributed by atoms with Crippen LogP contribution in [0.5, 0.6) is 0 Å². The van der Waals surface area contributed by atoms with Gasteiger partial charge < -0.3 is 4.90 Å². The van der Waals surface area contributed by atoms with Crippen molar-refractivity contribution in [3.05, 3.63) is 17.0 Å². The molecule has 0 radical (unpaired) electrons. The topological polar surface area (TPSA) is 29.0 Å². The molecule has 0 aromatic carbocycles. The van der Waals surface area contributed by atoms with Crippen LogP contribution in [-0.4, -0.2) is 23.6 Å².